The van der Waals surface area contributed by atoms with Gasteiger partial charge >= 0.3 is 0 Å². The molecule has 0 bridgehead atoms. The van der Waals surface area contributed by atoms with Gasteiger partial charge in [-0.15, -0.1) is 0 Å². The van der Waals surface area contributed by atoms with Crippen LogP contribution in [0, 0.1) is 18.6 Å². The van der Waals surface area contributed by atoms with E-state index in [2.05, 4.69) is 10.3 Å². The number of benzene rings is 2. The molecule has 0 saturated carbocycles. The molecule has 1 heterocycles. The Morgan fingerprint density at radius 3 is 2.61 bits per heavy atom. The molecule has 6 heteroatoms. The number of hydrogen-bond acceptors (Lipinski definition) is 2. The molecule has 4 nitrogen and oxygen atoms in total. The van der Waals surface area contributed by atoms with Gasteiger partial charge in [-0.3, -0.25) is 4.79 Å². The van der Waals surface area contributed by atoms with Gasteiger partial charge in [-0.2, -0.15) is 0 Å². The summed E-state index contributed by atoms with van der Waals surface area (Å²) in [6.45, 7) is 1.75. The second-order valence-electron chi connectivity index (χ2n) is 5.04. The van der Waals surface area contributed by atoms with Crippen LogP contribution >= 0.6 is 0 Å². The average molecular weight is 313 g/mol. The number of imidazole rings is 1. The predicted molar refractivity (Wildman–Crippen MR) is 82.6 cm³/mol. The van der Waals surface area contributed by atoms with Gasteiger partial charge in [-0.05, 0) is 42.8 Å². The summed E-state index contributed by atoms with van der Waals surface area (Å²) in [7, 11) is 0. The number of halogens is 2. The van der Waals surface area contributed by atoms with Gasteiger partial charge in [-0.1, -0.05) is 6.07 Å². The highest BCUT2D eigenvalue weighted by molar-refractivity contribution is 6.07. The second-order valence-corrected chi connectivity index (χ2v) is 5.04. The fourth-order valence-corrected chi connectivity index (χ4v) is 2.24. The zero-order chi connectivity index (χ0) is 16.4. The first kappa shape index (κ1) is 14.9. The average Bonchev–Trinajstić information content (AvgIpc) is 3.05. The standard InChI is InChI=1S/C17H13F2N3O/c1-11-2-3-13(19)9-15(11)21-17(23)14-8-12(18)4-5-16(14)22-7-6-20-10-22/h2-10H,1H3,(H,21,23). The molecule has 0 unspecified atom stereocenters. The number of carbonyl (C=O) groups excluding carboxylic acids is 1. The van der Waals surface area contributed by atoms with E-state index in [9.17, 15) is 13.6 Å². The number of anilines is 1. The fourth-order valence-electron chi connectivity index (χ4n) is 2.24. The molecule has 1 amide bonds. The summed E-state index contributed by atoms with van der Waals surface area (Å²) in [5, 5.41) is 2.62. The van der Waals surface area contributed by atoms with Crippen molar-refractivity contribution in [3.05, 3.63) is 77.9 Å². The van der Waals surface area contributed by atoms with Gasteiger partial charge in [0.2, 0.25) is 0 Å². The van der Waals surface area contributed by atoms with Crippen LogP contribution in [0.1, 0.15) is 15.9 Å². The summed E-state index contributed by atoms with van der Waals surface area (Å²) in [6, 6.07) is 7.99. The smallest absolute Gasteiger partial charge is 0.257 e. The lowest BCUT2D eigenvalue weighted by Crippen LogP contribution is -2.16. The summed E-state index contributed by atoms with van der Waals surface area (Å²) in [4.78, 5) is 16.4. The monoisotopic (exact) mass is 313 g/mol. The van der Waals surface area contributed by atoms with Crippen molar-refractivity contribution < 1.29 is 13.6 Å². The molecule has 3 aromatic rings. The molecular weight excluding hydrogens is 300 g/mol. The molecule has 0 spiro atoms. The van der Waals surface area contributed by atoms with Gasteiger partial charge in [0, 0.05) is 18.1 Å². The van der Waals surface area contributed by atoms with Crippen molar-refractivity contribution in [2.45, 2.75) is 6.92 Å². The SMILES string of the molecule is Cc1ccc(F)cc1NC(=O)c1cc(F)ccc1-n1ccnc1. The normalized spacial score (nSPS) is 10.6. The van der Waals surface area contributed by atoms with Gasteiger partial charge in [0.05, 0.1) is 17.6 Å². The maximum atomic E-state index is 13.6. The highest BCUT2D eigenvalue weighted by atomic mass is 19.1. The van der Waals surface area contributed by atoms with E-state index in [1.165, 1.54) is 30.6 Å². The molecule has 0 fully saturated rings. The van der Waals surface area contributed by atoms with Crippen molar-refractivity contribution in [1.82, 2.24) is 9.55 Å². The van der Waals surface area contributed by atoms with E-state index in [4.69, 9.17) is 0 Å². The summed E-state index contributed by atoms with van der Waals surface area (Å²) < 4.78 is 28.5. The Hall–Kier alpha value is -3.02. The molecule has 0 aliphatic rings. The van der Waals surface area contributed by atoms with Crippen LogP contribution in [-0.2, 0) is 0 Å². The Bertz CT molecular complexity index is 860. The number of aromatic nitrogens is 2. The van der Waals surface area contributed by atoms with E-state index in [-0.39, 0.29) is 5.56 Å². The van der Waals surface area contributed by atoms with Crippen LogP contribution in [-0.4, -0.2) is 15.5 Å². The molecule has 0 saturated heterocycles. The quantitative estimate of drug-likeness (QED) is 0.801. The zero-order valence-corrected chi connectivity index (χ0v) is 12.3. The van der Waals surface area contributed by atoms with E-state index in [0.717, 1.165) is 6.07 Å². The number of nitrogens with zero attached hydrogens (tertiary/aromatic N) is 2. The number of carbonyl (C=O) groups is 1. The van der Waals surface area contributed by atoms with Gasteiger partial charge in [-0.25, -0.2) is 13.8 Å². The molecule has 0 radical (unpaired) electrons. The molecule has 0 atom stereocenters. The third-order valence-electron chi connectivity index (χ3n) is 3.43. The zero-order valence-electron chi connectivity index (χ0n) is 12.3. The van der Waals surface area contributed by atoms with Crippen LogP contribution in [0.3, 0.4) is 0 Å². The lowest BCUT2D eigenvalue weighted by molar-refractivity contribution is 0.102. The van der Waals surface area contributed by atoms with E-state index in [1.54, 1.807) is 30.0 Å². The molecule has 0 aliphatic carbocycles. The third-order valence-corrected chi connectivity index (χ3v) is 3.43. The van der Waals surface area contributed by atoms with Crippen LogP contribution in [0.4, 0.5) is 14.5 Å². The van der Waals surface area contributed by atoms with E-state index >= 15 is 0 Å². The maximum Gasteiger partial charge on any atom is 0.257 e. The van der Waals surface area contributed by atoms with Crippen molar-refractivity contribution in [3.8, 4) is 5.69 Å². The third kappa shape index (κ3) is 3.11. The van der Waals surface area contributed by atoms with Crippen LogP contribution in [0.25, 0.3) is 5.69 Å². The molecule has 3 rings (SSSR count). The largest absolute Gasteiger partial charge is 0.322 e. The Morgan fingerprint density at radius 1 is 1.13 bits per heavy atom. The maximum absolute atomic E-state index is 13.6. The van der Waals surface area contributed by atoms with Crippen molar-refractivity contribution >= 4 is 11.6 Å². The summed E-state index contributed by atoms with van der Waals surface area (Å²) in [6.07, 6.45) is 4.72. The minimum absolute atomic E-state index is 0.131. The Morgan fingerprint density at radius 2 is 1.87 bits per heavy atom. The highest BCUT2D eigenvalue weighted by Crippen LogP contribution is 2.21. The number of hydrogen-bond donors (Lipinski definition) is 1. The molecule has 0 aliphatic heterocycles. The lowest BCUT2D eigenvalue weighted by atomic mass is 10.1. The molecule has 116 valence electrons. The second kappa shape index (κ2) is 6.00. The van der Waals surface area contributed by atoms with E-state index in [1.807, 2.05) is 0 Å². The van der Waals surface area contributed by atoms with Gasteiger partial charge in [0.25, 0.3) is 5.91 Å². The van der Waals surface area contributed by atoms with Gasteiger partial charge in [0.15, 0.2) is 0 Å². The van der Waals surface area contributed by atoms with Crippen LogP contribution in [0.5, 0.6) is 0 Å². The first-order valence-corrected chi connectivity index (χ1v) is 6.90. The van der Waals surface area contributed by atoms with Gasteiger partial charge in [0.1, 0.15) is 11.6 Å². The Labute approximate surface area is 131 Å². The summed E-state index contributed by atoms with van der Waals surface area (Å²) >= 11 is 0. The van der Waals surface area contributed by atoms with Gasteiger partial charge < -0.3 is 9.88 Å². The Balaban J connectivity index is 1.99. The number of rotatable bonds is 3. The van der Waals surface area contributed by atoms with Crippen LogP contribution in [0.15, 0.2) is 55.1 Å². The van der Waals surface area contributed by atoms with Crippen molar-refractivity contribution in [1.29, 1.82) is 0 Å². The van der Waals surface area contributed by atoms with Crippen molar-refractivity contribution in [3.63, 3.8) is 0 Å². The molecule has 1 aromatic heterocycles. The molecule has 23 heavy (non-hydrogen) atoms. The lowest BCUT2D eigenvalue weighted by Gasteiger charge is -2.12. The van der Waals surface area contributed by atoms with Crippen LogP contribution < -0.4 is 5.32 Å². The fraction of sp³-hybridized carbons (Fsp3) is 0.0588. The number of aryl methyl sites for hydroxylation is 1. The summed E-state index contributed by atoms with van der Waals surface area (Å²) in [5.41, 5.74) is 1.67. The summed E-state index contributed by atoms with van der Waals surface area (Å²) in [5.74, 6) is -1.52. The highest BCUT2D eigenvalue weighted by Gasteiger charge is 2.15. The number of nitrogens with one attached hydrogen (secondary N) is 1. The molecular formula is C17H13F2N3O. The minimum atomic E-state index is -0.532. The molecule has 1 N–H and O–H groups in total. The first-order chi connectivity index (χ1) is 11.0. The minimum Gasteiger partial charge on any atom is -0.322 e. The van der Waals surface area contributed by atoms with Crippen LogP contribution in [0.2, 0.25) is 0 Å². The van der Waals surface area contributed by atoms with Crippen molar-refractivity contribution in [2.75, 3.05) is 5.32 Å². The van der Waals surface area contributed by atoms with E-state index in [0.29, 0.717) is 16.9 Å². The van der Waals surface area contributed by atoms with E-state index < -0.39 is 17.5 Å². The topological polar surface area (TPSA) is 46.9 Å². The number of amides is 1. The molecule has 2 aromatic carbocycles. The predicted octanol–water partition coefficient (Wildman–Crippen LogP) is 3.71. The Kier molecular flexibility index (Phi) is 3.89. The van der Waals surface area contributed by atoms with Crippen molar-refractivity contribution in [2.24, 2.45) is 0 Å². The first-order valence-electron chi connectivity index (χ1n) is 6.90.